The number of alkyl halides is 1. The molecule has 3 saturated carbocycles. The Morgan fingerprint density at radius 3 is 2.58 bits per heavy atom. The Morgan fingerprint density at radius 2 is 1.87 bits per heavy atom. The SMILES string of the molecule is NCC1=CN2C3CC4CCCCC4CC3OC3C(N4CCC(N)C4)C(F)CC(C1=O)C32. The quantitative estimate of drug-likeness (QED) is 0.689. The molecule has 0 radical (unpaired) electrons. The molecule has 0 aromatic rings. The maximum absolute atomic E-state index is 15.7. The first-order valence-electron chi connectivity index (χ1n) is 12.6. The lowest BCUT2D eigenvalue weighted by molar-refractivity contribution is -0.219. The van der Waals surface area contributed by atoms with Gasteiger partial charge in [0.05, 0.1) is 30.3 Å². The van der Waals surface area contributed by atoms with Crippen molar-refractivity contribution in [1.82, 2.24) is 9.80 Å². The van der Waals surface area contributed by atoms with Gasteiger partial charge in [-0.2, -0.15) is 0 Å². The molecule has 0 aromatic heterocycles. The summed E-state index contributed by atoms with van der Waals surface area (Å²) in [5, 5.41) is 0. The van der Waals surface area contributed by atoms with Crippen LogP contribution >= 0.6 is 0 Å². The number of Topliss-reactive ketones (excluding diaryl/α,β-unsaturated/α-hetero) is 1. The predicted molar refractivity (Wildman–Crippen MR) is 116 cm³/mol. The highest BCUT2D eigenvalue weighted by molar-refractivity contribution is 5.99. The Balaban J connectivity index is 1.37. The number of morpholine rings is 1. The van der Waals surface area contributed by atoms with Crippen LogP contribution in [0.15, 0.2) is 11.8 Å². The zero-order valence-electron chi connectivity index (χ0n) is 18.4. The van der Waals surface area contributed by atoms with E-state index in [1.807, 2.05) is 6.20 Å². The van der Waals surface area contributed by atoms with Crippen LogP contribution in [0, 0.1) is 17.8 Å². The van der Waals surface area contributed by atoms with Crippen molar-refractivity contribution >= 4 is 5.78 Å². The van der Waals surface area contributed by atoms with Crippen molar-refractivity contribution in [3.05, 3.63) is 11.8 Å². The number of halogens is 1. The highest BCUT2D eigenvalue weighted by Crippen LogP contribution is 2.50. The van der Waals surface area contributed by atoms with Gasteiger partial charge in [0, 0.05) is 43.4 Å². The maximum atomic E-state index is 15.7. The summed E-state index contributed by atoms with van der Waals surface area (Å²) < 4.78 is 22.5. The van der Waals surface area contributed by atoms with Crippen molar-refractivity contribution in [3.8, 4) is 0 Å². The van der Waals surface area contributed by atoms with Crippen molar-refractivity contribution in [2.75, 3.05) is 19.6 Å². The third-order valence-electron chi connectivity index (χ3n) is 9.43. The Hall–Kier alpha value is -1.02. The van der Waals surface area contributed by atoms with E-state index in [0.717, 1.165) is 44.2 Å². The van der Waals surface area contributed by atoms with Crippen molar-refractivity contribution in [1.29, 1.82) is 0 Å². The van der Waals surface area contributed by atoms with Crippen LogP contribution in [0.4, 0.5) is 4.39 Å². The number of hydrogen-bond acceptors (Lipinski definition) is 6. The summed E-state index contributed by atoms with van der Waals surface area (Å²) in [5.41, 5.74) is 12.8. The molecule has 0 spiro atoms. The minimum absolute atomic E-state index is 0.0429. The molecular weight excluding hydrogens is 395 g/mol. The molecule has 3 aliphatic heterocycles. The number of nitrogens with zero attached hydrogens (tertiary/aromatic N) is 2. The second-order valence-corrected chi connectivity index (χ2v) is 11.0. The van der Waals surface area contributed by atoms with E-state index in [1.54, 1.807) is 0 Å². The minimum Gasteiger partial charge on any atom is -0.369 e. The van der Waals surface area contributed by atoms with Crippen molar-refractivity contribution < 1.29 is 13.9 Å². The van der Waals surface area contributed by atoms with Gasteiger partial charge in [-0.15, -0.1) is 0 Å². The molecule has 6 rings (SSSR count). The van der Waals surface area contributed by atoms with Crippen LogP contribution in [-0.4, -0.2) is 77.8 Å². The molecule has 3 aliphatic carbocycles. The van der Waals surface area contributed by atoms with Gasteiger partial charge >= 0.3 is 0 Å². The van der Waals surface area contributed by atoms with Gasteiger partial charge in [0.25, 0.3) is 0 Å². The molecule has 0 amide bonds. The number of nitrogens with two attached hydrogens (primary N) is 2. The van der Waals surface area contributed by atoms with E-state index in [-0.39, 0.29) is 61.0 Å². The Bertz CT molecular complexity index is 762. The number of carbonyl (C=O) groups excluding carboxylic acids is 1. The van der Waals surface area contributed by atoms with E-state index >= 15 is 4.39 Å². The van der Waals surface area contributed by atoms with Crippen molar-refractivity contribution in [2.24, 2.45) is 29.2 Å². The molecule has 3 heterocycles. The number of rotatable bonds is 2. The molecule has 7 heteroatoms. The van der Waals surface area contributed by atoms with Crippen LogP contribution < -0.4 is 11.5 Å². The maximum Gasteiger partial charge on any atom is 0.166 e. The number of ketones is 1. The third-order valence-corrected chi connectivity index (χ3v) is 9.43. The minimum atomic E-state index is -1.07. The standard InChI is InChI=1S/C24H37FN4O2/c25-18-9-17-21-24(22(18)28-6-5-16(27)12-28)31-20-8-14-4-2-1-3-13(14)7-19(20)29(21)11-15(10-26)23(17)30/h11,13-14,16-22,24H,1-10,12,26-27H2. The highest BCUT2D eigenvalue weighted by Gasteiger charge is 2.60. The number of hydrogen-bond donors (Lipinski definition) is 2. The van der Waals surface area contributed by atoms with Gasteiger partial charge in [0.2, 0.25) is 0 Å². The summed E-state index contributed by atoms with van der Waals surface area (Å²) in [6.45, 7) is 1.77. The van der Waals surface area contributed by atoms with Gasteiger partial charge in [-0.05, 0) is 37.5 Å². The lowest BCUT2D eigenvalue weighted by Crippen LogP contribution is -2.73. The molecule has 0 aromatic carbocycles. The molecule has 31 heavy (non-hydrogen) atoms. The van der Waals surface area contributed by atoms with E-state index in [1.165, 1.54) is 25.7 Å². The second kappa shape index (κ2) is 7.79. The summed E-state index contributed by atoms with van der Waals surface area (Å²) in [6, 6.07) is 0.0168. The topological polar surface area (TPSA) is 84.8 Å². The molecule has 10 unspecified atom stereocenters. The van der Waals surface area contributed by atoms with Crippen LogP contribution in [0.2, 0.25) is 0 Å². The molecular formula is C24H37FN4O2. The monoisotopic (exact) mass is 432 g/mol. The number of carbonyl (C=O) groups is 1. The first-order chi connectivity index (χ1) is 15.0. The van der Waals surface area contributed by atoms with Crippen molar-refractivity contribution in [3.63, 3.8) is 0 Å². The van der Waals surface area contributed by atoms with Crippen LogP contribution in [0.5, 0.6) is 0 Å². The van der Waals surface area contributed by atoms with E-state index in [0.29, 0.717) is 5.57 Å². The van der Waals surface area contributed by atoms with E-state index in [2.05, 4.69) is 9.80 Å². The van der Waals surface area contributed by atoms with E-state index in [4.69, 9.17) is 16.2 Å². The lowest BCUT2D eigenvalue weighted by Gasteiger charge is -2.61. The van der Waals surface area contributed by atoms with E-state index < -0.39 is 6.17 Å². The molecule has 5 fully saturated rings. The summed E-state index contributed by atoms with van der Waals surface area (Å²) in [7, 11) is 0. The van der Waals surface area contributed by atoms with Gasteiger partial charge < -0.3 is 21.1 Å². The zero-order valence-corrected chi connectivity index (χ0v) is 18.4. The number of ether oxygens (including phenoxy) is 1. The van der Waals surface area contributed by atoms with Gasteiger partial charge in [-0.25, -0.2) is 4.39 Å². The summed E-state index contributed by atoms with van der Waals surface area (Å²) in [6.07, 6.45) is 9.46. The normalized spacial score (nSPS) is 49.8. The Morgan fingerprint density at radius 1 is 1.10 bits per heavy atom. The van der Waals surface area contributed by atoms with Crippen molar-refractivity contribution in [2.45, 2.75) is 93.9 Å². The fraction of sp³-hybridized carbons (Fsp3) is 0.875. The highest BCUT2D eigenvalue weighted by atomic mass is 19.1. The van der Waals surface area contributed by atoms with Crippen LogP contribution in [0.1, 0.15) is 51.4 Å². The van der Waals surface area contributed by atoms with Crippen LogP contribution in [0.3, 0.4) is 0 Å². The number of likely N-dealkylation sites (tertiary alicyclic amines) is 1. The van der Waals surface area contributed by atoms with Crippen LogP contribution in [-0.2, 0) is 9.53 Å². The van der Waals surface area contributed by atoms with E-state index in [9.17, 15) is 4.79 Å². The van der Waals surface area contributed by atoms with Gasteiger partial charge in [0.15, 0.2) is 5.78 Å². The third kappa shape index (κ3) is 3.22. The second-order valence-electron chi connectivity index (χ2n) is 11.0. The van der Waals surface area contributed by atoms with Gasteiger partial charge in [0.1, 0.15) is 6.17 Å². The lowest BCUT2D eigenvalue weighted by atomic mass is 9.64. The number of fused-ring (bicyclic) bond motifs is 3. The average Bonchev–Trinajstić information content (AvgIpc) is 3.19. The smallest absolute Gasteiger partial charge is 0.166 e. The predicted octanol–water partition coefficient (Wildman–Crippen LogP) is 1.58. The summed E-state index contributed by atoms with van der Waals surface area (Å²) in [4.78, 5) is 17.9. The Labute approximate surface area is 184 Å². The molecule has 10 atom stereocenters. The first-order valence-corrected chi connectivity index (χ1v) is 12.6. The molecule has 172 valence electrons. The summed E-state index contributed by atoms with van der Waals surface area (Å²) in [5.74, 6) is 1.18. The zero-order chi connectivity index (χ0) is 21.3. The Kier molecular flexibility index (Phi) is 5.17. The average molecular weight is 433 g/mol. The van der Waals surface area contributed by atoms with Gasteiger partial charge in [-0.3, -0.25) is 9.69 Å². The van der Waals surface area contributed by atoms with Gasteiger partial charge in [-0.1, -0.05) is 25.7 Å². The molecule has 6 nitrogen and oxygen atoms in total. The largest absolute Gasteiger partial charge is 0.369 e. The fourth-order valence-corrected chi connectivity index (χ4v) is 8.00. The molecule has 0 bridgehead atoms. The molecule has 4 N–H and O–H groups in total. The first kappa shape index (κ1) is 20.6. The summed E-state index contributed by atoms with van der Waals surface area (Å²) >= 11 is 0. The fourth-order valence-electron chi connectivity index (χ4n) is 8.00. The molecule has 6 aliphatic rings. The van der Waals surface area contributed by atoms with Crippen LogP contribution in [0.25, 0.3) is 0 Å². The molecule has 2 saturated heterocycles.